The van der Waals surface area contributed by atoms with E-state index in [-0.39, 0.29) is 22.5 Å². The van der Waals surface area contributed by atoms with Crippen LogP contribution < -0.4 is 20.3 Å². The van der Waals surface area contributed by atoms with Crippen LogP contribution in [-0.4, -0.2) is 85.5 Å². The first kappa shape index (κ1) is 26.9. The van der Waals surface area contributed by atoms with Crippen molar-refractivity contribution >= 4 is 49.4 Å². The zero-order chi connectivity index (χ0) is 22.7. The van der Waals surface area contributed by atoms with Crippen LogP contribution in [0.5, 0.6) is 0 Å². The van der Waals surface area contributed by atoms with Crippen LogP contribution >= 0.6 is 11.8 Å². The fraction of sp³-hybridized carbons (Fsp3) is 0.789. The van der Waals surface area contributed by atoms with Gasteiger partial charge in [-0.3, -0.25) is 0 Å². The van der Waals surface area contributed by atoms with Gasteiger partial charge in [-0.25, -0.2) is 0 Å². The van der Waals surface area contributed by atoms with Crippen LogP contribution in [0.3, 0.4) is 0 Å². The van der Waals surface area contributed by atoms with Gasteiger partial charge in [0.15, 0.2) is 0 Å². The molecule has 1 rings (SSSR count). The molecular formula is C19H34N4O5SSe. The number of amides is 2. The second-order valence-corrected chi connectivity index (χ2v) is 10.2. The number of hydrogen-bond donors (Lipinski definition) is 5. The number of nitrogens with one attached hydrogen (secondary N) is 4. The van der Waals surface area contributed by atoms with Crippen molar-refractivity contribution < 1.29 is 24.3 Å². The molecule has 172 valence electrons. The molecule has 2 amide bonds. The molecular weight excluding hydrogens is 475 g/mol. The molecule has 11 heteroatoms. The third kappa shape index (κ3) is 8.93. The van der Waals surface area contributed by atoms with Crippen molar-refractivity contribution in [2.75, 3.05) is 18.6 Å². The van der Waals surface area contributed by atoms with Crippen LogP contribution in [0.25, 0.3) is 0 Å². The Morgan fingerprint density at radius 2 is 1.93 bits per heavy atom. The molecule has 0 aromatic heterocycles. The zero-order valence-corrected chi connectivity index (χ0v) is 20.6. The van der Waals surface area contributed by atoms with E-state index in [0.29, 0.717) is 12.2 Å². The Morgan fingerprint density at radius 1 is 1.23 bits per heavy atom. The number of carbonyl (C=O) groups is 4. The average molecular weight is 510 g/mol. The summed E-state index contributed by atoms with van der Waals surface area (Å²) in [6.45, 7) is 6.08. The molecule has 5 atom stereocenters. The van der Waals surface area contributed by atoms with Crippen LogP contribution in [0, 0.1) is 5.92 Å². The molecule has 30 heavy (non-hydrogen) atoms. The minimum atomic E-state index is -1.12. The number of rotatable bonds is 14. The first-order valence-electron chi connectivity index (χ1n) is 10.2. The van der Waals surface area contributed by atoms with E-state index in [1.165, 1.54) is 6.92 Å². The first-order chi connectivity index (χ1) is 14.2. The van der Waals surface area contributed by atoms with E-state index in [0.717, 1.165) is 25.8 Å². The molecule has 0 spiro atoms. The topological polar surface area (TPSA) is 137 Å². The summed E-state index contributed by atoms with van der Waals surface area (Å²) in [6, 6.07) is -2.54. The van der Waals surface area contributed by atoms with E-state index in [2.05, 4.69) is 20.3 Å². The van der Waals surface area contributed by atoms with Crippen molar-refractivity contribution in [2.45, 2.75) is 70.6 Å². The van der Waals surface area contributed by atoms with Crippen molar-refractivity contribution in [1.29, 1.82) is 0 Å². The van der Waals surface area contributed by atoms with Gasteiger partial charge in [0.1, 0.15) is 0 Å². The van der Waals surface area contributed by atoms with Gasteiger partial charge in [-0.1, -0.05) is 0 Å². The third-order valence-electron chi connectivity index (χ3n) is 5.10. The Hall–Kier alpha value is -1.13. The number of aliphatic carboxylic acids is 1. The summed E-state index contributed by atoms with van der Waals surface area (Å²) in [6.07, 6.45) is 4.82. The number of thioether (sulfide) groups is 1. The monoisotopic (exact) mass is 510 g/mol. The molecule has 1 aliphatic rings. The molecule has 0 saturated carbocycles. The van der Waals surface area contributed by atoms with Gasteiger partial charge in [-0.15, -0.1) is 0 Å². The Labute approximate surface area is 189 Å². The van der Waals surface area contributed by atoms with Crippen LogP contribution in [0.2, 0.25) is 0 Å². The number of carboxylic acids is 1. The molecule has 0 aliphatic carbocycles. The molecule has 0 aromatic carbocycles. The standard InChI is InChI=1S/C19H34N4O5SSe/c1-5-11(2)15(22-16(24)13-7-6-9-20-13)19(28)30-23-14(8-10-29-4)17(25)21-12(3)18(26)27/h11-15,20,23H,5-10H2,1-4H3,(H,21,25)(H,22,24)(H,26,27)/t11-,12-,13-,14-,15-/m0/s1. The summed E-state index contributed by atoms with van der Waals surface area (Å²) in [4.78, 5) is 48.9. The summed E-state index contributed by atoms with van der Waals surface area (Å²) >= 11 is 0.827. The van der Waals surface area contributed by atoms with Gasteiger partial charge in [0.2, 0.25) is 0 Å². The number of hydrogen-bond acceptors (Lipinski definition) is 7. The van der Waals surface area contributed by atoms with Gasteiger partial charge in [0.25, 0.3) is 0 Å². The molecule has 0 radical (unpaired) electrons. The van der Waals surface area contributed by atoms with Crippen LogP contribution in [-0.2, 0) is 19.2 Å². The van der Waals surface area contributed by atoms with Crippen molar-refractivity contribution in [3.63, 3.8) is 0 Å². The third-order valence-corrected chi connectivity index (χ3v) is 7.54. The van der Waals surface area contributed by atoms with Crippen molar-refractivity contribution in [2.24, 2.45) is 5.92 Å². The summed E-state index contributed by atoms with van der Waals surface area (Å²) in [5.41, 5.74) is 0. The predicted molar refractivity (Wildman–Crippen MR) is 118 cm³/mol. The summed E-state index contributed by atoms with van der Waals surface area (Å²) < 4.78 is 2.90. The Bertz CT molecular complexity index is 603. The fourth-order valence-corrected chi connectivity index (χ4v) is 5.24. The average Bonchev–Trinajstić information content (AvgIpc) is 3.25. The van der Waals surface area contributed by atoms with Crippen LogP contribution in [0.1, 0.15) is 46.5 Å². The SMILES string of the molecule is CC[C@H](C)[C@H](NC(=O)[C@@H]1CCCN1)C(=O)[Se]N[C@@H](CCSC)C(=O)N[C@@H](C)C(=O)O. The van der Waals surface area contributed by atoms with Gasteiger partial charge in [0.05, 0.1) is 0 Å². The molecule has 1 saturated heterocycles. The molecule has 0 bridgehead atoms. The van der Waals surface area contributed by atoms with E-state index in [9.17, 15) is 19.2 Å². The Kier molecular flexibility index (Phi) is 12.6. The second-order valence-electron chi connectivity index (χ2n) is 7.46. The van der Waals surface area contributed by atoms with Gasteiger partial charge >= 0.3 is 189 Å². The van der Waals surface area contributed by atoms with Crippen molar-refractivity contribution in [1.82, 2.24) is 20.3 Å². The maximum absolute atomic E-state index is 12.9. The number of carbonyl (C=O) groups excluding carboxylic acids is 3. The zero-order valence-electron chi connectivity index (χ0n) is 18.0. The quantitative estimate of drug-likeness (QED) is 0.202. The summed E-state index contributed by atoms with van der Waals surface area (Å²) in [7, 11) is 0. The molecule has 1 fully saturated rings. The second kappa shape index (κ2) is 14.0. The normalized spacial score (nSPS) is 20.1. The van der Waals surface area contributed by atoms with Gasteiger partial charge in [-0.05, 0) is 0 Å². The van der Waals surface area contributed by atoms with E-state index in [4.69, 9.17) is 5.11 Å². The first-order valence-corrected chi connectivity index (χ1v) is 13.3. The molecule has 9 nitrogen and oxygen atoms in total. The molecule has 5 N–H and O–H groups in total. The summed E-state index contributed by atoms with van der Waals surface area (Å²) in [5, 5.41) is 17.5. The summed E-state index contributed by atoms with van der Waals surface area (Å²) in [5.74, 6) is -1.05. The van der Waals surface area contributed by atoms with Gasteiger partial charge in [0, 0.05) is 0 Å². The van der Waals surface area contributed by atoms with E-state index in [1.54, 1.807) is 11.8 Å². The van der Waals surface area contributed by atoms with Crippen molar-refractivity contribution in [3.05, 3.63) is 0 Å². The maximum atomic E-state index is 12.9. The minimum absolute atomic E-state index is 0.0305. The molecule has 1 aliphatic heterocycles. The Balaban J connectivity index is 2.74. The molecule has 0 unspecified atom stereocenters. The fourth-order valence-electron chi connectivity index (χ4n) is 2.88. The van der Waals surface area contributed by atoms with Gasteiger partial charge < -0.3 is 0 Å². The molecule has 0 aromatic rings. The van der Waals surface area contributed by atoms with Crippen molar-refractivity contribution in [3.8, 4) is 0 Å². The van der Waals surface area contributed by atoms with E-state index < -0.39 is 45.2 Å². The Morgan fingerprint density at radius 3 is 2.47 bits per heavy atom. The van der Waals surface area contributed by atoms with Crippen LogP contribution in [0.4, 0.5) is 0 Å². The van der Waals surface area contributed by atoms with Crippen LogP contribution in [0.15, 0.2) is 0 Å². The molecule has 1 heterocycles. The van der Waals surface area contributed by atoms with E-state index >= 15 is 0 Å². The number of carboxylic acid groups (broad SMARTS) is 1. The predicted octanol–water partition coefficient (Wildman–Crippen LogP) is -0.284. The van der Waals surface area contributed by atoms with Gasteiger partial charge in [-0.2, -0.15) is 0 Å². The van der Waals surface area contributed by atoms with E-state index in [1.807, 2.05) is 20.1 Å².